The first-order valence-electron chi connectivity index (χ1n) is 8.11. The van der Waals surface area contributed by atoms with Crippen LogP contribution >= 0.6 is 0 Å². The fraction of sp³-hybridized carbons (Fsp3) is 0.350. The number of nitrogens with one attached hydrogen (secondary N) is 1. The summed E-state index contributed by atoms with van der Waals surface area (Å²) in [7, 11) is 5.59. The van der Waals surface area contributed by atoms with Crippen LogP contribution in [0.3, 0.4) is 0 Å². The third-order valence-corrected chi connectivity index (χ3v) is 4.13. The molecule has 0 aromatic heterocycles. The number of hydrogen-bond donors (Lipinski definition) is 1. The van der Waals surface area contributed by atoms with Crippen LogP contribution in [0.25, 0.3) is 0 Å². The molecular weight excluding hydrogens is 300 g/mol. The second-order valence-electron chi connectivity index (χ2n) is 6.16. The molecule has 128 valence electrons. The maximum absolute atomic E-state index is 12.5. The van der Waals surface area contributed by atoms with Gasteiger partial charge in [0.2, 0.25) is 0 Å². The van der Waals surface area contributed by atoms with Crippen molar-refractivity contribution < 1.29 is 9.53 Å². The molecule has 0 bridgehead atoms. The van der Waals surface area contributed by atoms with Gasteiger partial charge in [0.05, 0.1) is 6.04 Å². The lowest BCUT2D eigenvalue weighted by atomic mass is 10.0. The Bertz CT molecular complexity index is 638. The molecule has 2 aromatic carbocycles. The van der Waals surface area contributed by atoms with Gasteiger partial charge in [-0.2, -0.15) is 0 Å². The van der Waals surface area contributed by atoms with Gasteiger partial charge in [-0.05, 0) is 32.1 Å². The van der Waals surface area contributed by atoms with Crippen molar-refractivity contribution in [3.8, 4) is 0 Å². The molecule has 0 saturated heterocycles. The van der Waals surface area contributed by atoms with Crippen LogP contribution < -0.4 is 5.32 Å². The Kier molecular flexibility index (Phi) is 6.53. The van der Waals surface area contributed by atoms with Gasteiger partial charge in [0.15, 0.2) is 6.10 Å². The number of ether oxygens (including phenoxy) is 1. The highest BCUT2D eigenvalue weighted by Gasteiger charge is 2.22. The SMILES string of the molecule is CO[C@H](C(=O)NC[C@@H](c1ccc(C)cc1)N(C)C)c1ccccc1. The molecule has 0 radical (unpaired) electrons. The highest BCUT2D eigenvalue weighted by molar-refractivity contribution is 5.82. The zero-order valence-electron chi connectivity index (χ0n) is 14.8. The molecule has 0 aliphatic rings. The van der Waals surface area contributed by atoms with Gasteiger partial charge in [-0.3, -0.25) is 4.79 Å². The van der Waals surface area contributed by atoms with Gasteiger partial charge in [0.1, 0.15) is 0 Å². The zero-order valence-corrected chi connectivity index (χ0v) is 14.8. The summed E-state index contributed by atoms with van der Waals surface area (Å²) in [5.41, 5.74) is 3.26. The summed E-state index contributed by atoms with van der Waals surface area (Å²) in [6.07, 6.45) is -0.591. The Morgan fingerprint density at radius 3 is 2.21 bits per heavy atom. The standard InChI is InChI=1S/C20H26N2O2/c1-15-10-12-16(13-11-15)18(22(2)3)14-21-20(23)19(24-4)17-8-6-5-7-9-17/h5-13,18-19H,14H2,1-4H3,(H,21,23)/t18-,19-/m0/s1. The van der Waals surface area contributed by atoms with E-state index in [4.69, 9.17) is 4.74 Å². The van der Waals surface area contributed by atoms with Crippen LogP contribution in [-0.2, 0) is 9.53 Å². The number of methoxy groups -OCH3 is 1. The fourth-order valence-electron chi connectivity index (χ4n) is 2.70. The van der Waals surface area contributed by atoms with E-state index in [2.05, 4.69) is 41.4 Å². The quantitative estimate of drug-likeness (QED) is 0.850. The van der Waals surface area contributed by atoms with Crippen molar-refractivity contribution >= 4 is 5.91 Å². The third-order valence-electron chi connectivity index (χ3n) is 4.13. The highest BCUT2D eigenvalue weighted by atomic mass is 16.5. The maximum Gasteiger partial charge on any atom is 0.253 e. The number of hydrogen-bond acceptors (Lipinski definition) is 3. The molecule has 24 heavy (non-hydrogen) atoms. The van der Waals surface area contributed by atoms with E-state index in [0.717, 1.165) is 5.56 Å². The molecule has 2 atom stereocenters. The monoisotopic (exact) mass is 326 g/mol. The summed E-state index contributed by atoms with van der Waals surface area (Å²) in [5, 5.41) is 3.02. The number of aryl methyl sites for hydroxylation is 1. The maximum atomic E-state index is 12.5. The van der Waals surface area contributed by atoms with Crippen LogP contribution in [-0.4, -0.2) is 38.6 Å². The Morgan fingerprint density at radius 2 is 1.67 bits per heavy atom. The number of carbonyl (C=O) groups is 1. The van der Waals surface area contributed by atoms with Gasteiger partial charge in [-0.15, -0.1) is 0 Å². The molecule has 0 fully saturated rings. The van der Waals surface area contributed by atoms with Crippen molar-refractivity contribution in [3.05, 3.63) is 71.3 Å². The number of amides is 1. The van der Waals surface area contributed by atoms with Crippen molar-refractivity contribution in [2.24, 2.45) is 0 Å². The average molecular weight is 326 g/mol. The Labute approximate surface area is 144 Å². The van der Waals surface area contributed by atoms with Gasteiger partial charge >= 0.3 is 0 Å². The van der Waals surface area contributed by atoms with Crippen molar-refractivity contribution in [1.82, 2.24) is 10.2 Å². The number of likely N-dealkylation sites (N-methyl/N-ethyl adjacent to an activating group) is 1. The first kappa shape index (κ1) is 18.2. The van der Waals surface area contributed by atoms with E-state index < -0.39 is 6.10 Å². The molecule has 4 heteroatoms. The fourth-order valence-corrected chi connectivity index (χ4v) is 2.70. The van der Waals surface area contributed by atoms with Gasteiger partial charge < -0.3 is 15.0 Å². The van der Waals surface area contributed by atoms with Crippen molar-refractivity contribution in [3.63, 3.8) is 0 Å². The molecule has 1 N–H and O–H groups in total. The van der Waals surface area contributed by atoms with Crippen molar-refractivity contribution in [2.75, 3.05) is 27.7 Å². The molecule has 0 aliphatic heterocycles. The Morgan fingerprint density at radius 1 is 1.04 bits per heavy atom. The molecule has 0 heterocycles. The summed E-state index contributed by atoms with van der Waals surface area (Å²) in [6.45, 7) is 2.60. The topological polar surface area (TPSA) is 41.6 Å². The van der Waals surface area contributed by atoms with Crippen molar-refractivity contribution in [1.29, 1.82) is 0 Å². The number of benzene rings is 2. The average Bonchev–Trinajstić information content (AvgIpc) is 2.58. The van der Waals surface area contributed by atoms with E-state index in [9.17, 15) is 4.79 Å². The molecule has 4 nitrogen and oxygen atoms in total. The molecule has 0 aliphatic carbocycles. The summed E-state index contributed by atoms with van der Waals surface area (Å²) < 4.78 is 5.39. The summed E-state index contributed by atoms with van der Waals surface area (Å²) in [6, 6.07) is 18.1. The van der Waals surface area contributed by atoms with Gasteiger partial charge in [-0.25, -0.2) is 0 Å². The third kappa shape index (κ3) is 4.66. The predicted molar refractivity (Wildman–Crippen MR) is 96.8 cm³/mol. The van der Waals surface area contributed by atoms with E-state index in [0.29, 0.717) is 6.54 Å². The zero-order chi connectivity index (χ0) is 17.5. The largest absolute Gasteiger partial charge is 0.367 e. The van der Waals surface area contributed by atoms with Crippen LogP contribution in [0.15, 0.2) is 54.6 Å². The lowest BCUT2D eigenvalue weighted by Crippen LogP contribution is -2.37. The number of carbonyl (C=O) groups excluding carboxylic acids is 1. The van der Waals surface area contributed by atoms with Crippen LogP contribution in [0.4, 0.5) is 0 Å². The van der Waals surface area contributed by atoms with Crippen LogP contribution in [0, 0.1) is 6.92 Å². The van der Waals surface area contributed by atoms with E-state index in [1.165, 1.54) is 11.1 Å². The Balaban J connectivity index is 2.05. The molecule has 1 amide bonds. The lowest BCUT2D eigenvalue weighted by molar-refractivity contribution is -0.131. The molecule has 0 unspecified atom stereocenters. The predicted octanol–water partition coefficient (Wildman–Crippen LogP) is 3.10. The normalized spacial score (nSPS) is 13.5. The smallest absolute Gasteiger partial charge is 0.253 e. The molecule has 0 saturated carbocycles. The second kappa shape index (κ2) is 8.62. The van der Waals surface area contributed by atoms with Gasteiger partial charge in [0.25, 0.3) is 5.91 Å². The summed E-state index contributed by atoms with van der Waals surface area (Å²) in [5.74, 6) is -0.123. The first-order valence-corrected chi connectivity index (χ1v) is 8.11. The summed E-state index contributed by atoms with van der Waals surface area (Å²) >= 11 is 0. The van der Waals surface area contributed by atoms with E-state index >= 15 is 0 Å². The van der Waals surface area contributed by atoms with Crippen LogP contribution in [0.1, 0.15) is 28.8 Å². The van der Waals surface area contributed by atoms with Gasteiger partial charge in [0, 0.05) is 13.7 Å². The minimum atomic E-state index is -0.591. The van der Waals surface area contributed by atoms with E-state index in [1.807, 2.05) is 44.4 Å². The first-order chi connectivity index (χ1) is 11.5. The Hall–Kier alpha value is -2.17. The molecule has 2 aromatic rings. The second-order valence-corrected chi connectivity index (χ2v) is 6.16. The molecule has 2 rings (SSSR count). The highest BCUT2D eigenvalue weighted by Crippen LogP contribution is 2.20. The molecular formula is C20H26N2O2. The summed E-state index contributed by atoms with van der Waals surface area (Å²) in [4.78, 5) is 14.6. The minimum absolute atomic E-state index is 0.114. The lowest BCUT2D eigenvalue weighted by Gasteiger charge is -2.26. The number of rotatable bonds is 7. The number of nitrogens with zero attached hydrogens (tertiary/aromatic N) is 1. The van der Waals surface area contributed by atoms with Crippen LogP contribution in [0.2, 0.25) is 0 Å². The van der Waals surface area contributed by atoms with Crippen molar-refractivity contribution in [2.45, 2.75) is 19.1 Å². The molecule has 0 spiro atoms. The van der Waals surface area contributed by atoms with Crippen LogP contribution in [0.5, 0.6) is 0 Å². The van der Waals surface area contributed by atoms with Gasteiger partial charge in [-0.1, -0.05) is 60.2 Å². The van der Waals surface area contributed by atoms with E-state index in [-0.39, 0.29) is 11.9 Å². The minimum Gasteiger partial charge on any atom is -0.367 e. The van der Waals surface area contributed by atoms with E-state index in [1.54, 1.807) is 7.11 Å².